The first-order valence-corrected chi connectivity index (χ1v) is 6.34. The lowest BCUT2D eigenvalue weighted by molar-refractivity contribution is -0.325. The molecular formula is C15H20O4. The number of ether oxygens (including phenoxy) is 1. The summed E-state index contributed by atoms with van der Waals surface area (Å²) in [6.45, 7) is 3.93. The summed E-state index contributed by atoms with van der Waals surface area (Å²) in [5.41, 5.74) is 0.113. The Labute approximate surface area is 113 Å². The van der Waals surface area contributed by atoms with Crippen LogP contribution in [-0.4, -0.2) is 17.8 Å². The van der Waals surface area contributed by atoms with E-state index >= 15 is 0 Å². The van der Waals surface area contributed by atoms with E-state index in [9.17, 15) is 4.79 Å². The van der Waals surface area contributed by atoms with E-state index in [4.69, 9.17) is 9.99 Å². The van der Waals surface area contributed by atoms with Crippen LogP contribution in [0.25, 0.3) is 0 Å². The number of benzene rings is 1. The Morgan fingerprint density at radius 3 is 2.63 bits per heavy atom. The minimum absolute atomic E-state index is 0.353. The van der Waals surface area contributed by atoms with Crippen molar-refractivity contribution in [3.8, 4) is 0 Å². The minimum Gasteiger partial charge on any atom is -0.463 e. The second kappa shape index (κ2) is 7.71. The summed E-state index contributed by atoms with van der Waals surface area (Å²) < 4.78 is 4.78. The van der Waals surface area contributed by atoms with E-state index in [0.717, 1.165) is 5.56 Å². The normalized spacial score (nSPS) is 14.3. The van der Waals surface area contributed by atoms with Gasteiger partial charge in [0, 0.05) is 6.08 Å². The van der Waals surface area contributed by atoms with Crippen molar-refractivity contribution in [3.63, 3.8) is 0 Å². The largest absolute Gasteiger partial charge is 0.463 e. The monoisotopic (exact) mass is 264 g/mol. The zero-order valence-electron chi connectivity index (χ0n) is 11.3. The fourth-order valence-corrected chi connectivity index (χ4v) is 1.76. The van der Waals surface area contributed by atoms with Crippen LogP contribution in [0.1, 0.15) is 32.3 Å². The van der Waals surface area contributed by atoms with Crippen molar-refractivity contribution in [2.24, 2.45) is 0 Å². The molecule has 0 bridgehead atoms. The van der Waals surface area contributed by atoms with Gasteiger partial charge in [0.1, 0.15) is 5.60 Å². The average molecular weight is 264 g/mol. The first-order chi connectivity index (χ1) is 9.12. The first kappa shape index (κ1) is 15.4. The maximum Gasteiger partial charge on any atom is 0.330 e. The lowest BCUT2D eigenvalue weighted by atomic mass is 9.91. The van der Waals surface area contributed by atoms with Crippen LogP contribution >= 0.6 is 0 Å². The van der Waals surface area contributed by atoms with Gasteiger partial charge in [0.15, 0.2) is 0 Å². The zero-order chi connectivity index (χ0) is 14.1. The van der Waals surface area contributed by atoms with E-state index < -0.39 is 5.60 Å². The topological polar surface area (TPSA) is 55.8 Å². The fraction of sp³-hybridized carbons (Fsp3) is 0.400. The molecule has 1 rings (SSSR count). The Morgan fingerprint density at radius 2 is 2.05 bits per heavy atom. The first-order valence-electron chi connectivity index (χ1n) is 6.34. The molecule has 0 fully saturated rings. The van der Waals surface area contributed by atoms with Gasteiger partial charge in [0.2, 0.25) is 0 Å². The van der Waals surface area contributed by atoms with Gasteiger partial charge in [0.25, 0.3) is 0 Å². The lowest BCUT2D eigenvalue weighted by Crippen LogP contribution is -2.24. The molecule has 4 nitrogen and oxygen atoms in total. The summed E-state index contributed by atoms with van der Waals surface area (Å²) >= 11 is 0. The maximum atomic E-state index is 11.1. The van der Waals surface area contributed by atoms with Crippen molar-refractivity contribution in [2.45, 2.75) is 32.3 Å². The van der Waals surface area contributed by atoms with Crippen molar-refractivity contribution >= 4 is 5.97 Å². The molecule has 1 atom stereocenters. The van der Waals surface area contributed by atoms with Crippen LogP contribution in [-0.2, 0) is 20.0 Å². The quantitative estimate of drug-likeness (QED) is 0.355. The number of carbonyl (C=O) groups excluding carboxylic acids is 1. The second-order valence-electron chi connectivity index (χ2n) is 4.38. The van der Waals surface area contributed by atoms with Gasteiger partial charge >= 0.3 is 5.97 Å². The van der Waals surface area contributed by atoms with Gasteiger partial charge in [-0.2, -0.15) is 0 Å². The molecule has 0 aliphatic rings. The van der Waals surface area contributed by atoms with E-state index in [-0.39, 0.29) is 5.97 Å². The highest BCUT2D eigenvalue weighted by atomic mass is 17.1. The van der Waals surface area contributed by atoms with Gasteiger partial charge in [-0.15, -0.1) is 0 Å². The van der Waals surface area contributed by atoms with E-state index in [1.54, 1.807) is 19.9 Å². The Balaban J connectivity index is 2.56. The molecule has 1 aromatic rings. The van der Waals surface area contributed by atoms with Gasteiger partial charge < -0.3 is 4.74 Å². The molecule has 0 aliphatic carbocycles. The van der Waals surface area contributed by atoms with Crippen LogP contribution in [0.4, 0.5) is 0 Å². The molecule has 0 heterocycles. The molecule has 0 aromatic heterocycles. The fourth-order valence-electron chi connectivity index (χ4n) is 1.76. The molecule has 1 unspecified atom stereocenters. The van der Waals surface area contributed by atoms with Gasteiger partial charge in [-0.25, -0.2) is 9.68 Å². The number of allylic oxidation sites excluding steroid dienone is 1. The molecule has 104 valence electrons. The summed E-state index contributed by atoms with van der Waals surface area (Å²) in [5.74, 6) is -0.353. The van der Waals surface area contributed by atoms with Gasteiger partial charge in [0.05, 0.1) is 6.61 Å². The van der Waals surface area contributed by atoms with E-state index in [2.05, 4.69) is 4.89 Å². The van der Waals surface area contributed by atoms with Crippen LogP contribution in [0.5, 0.6) is 0 Å². The molecule has 0 radical (unpaired) electrons. The zero-order valence-corrected chi connectivity index (χ0v) is 11.3. The molecule has 0 saturated carbocycles. The van der Waals surface area contributed by atoms with Crippen LogP contribution < -0.4 is 0 Å². The Kier molecular flexibility index (Phi) is 6.25. The number of hydrogen-bond acceptors (Lipinski definition) is 4. The Hall–Kier alpha value is -1.65. The van der Waals surface area contributed by atoms with Crippen molar-refractivity contribution < 1.29 is 19.7 Å². The van der Waals surface area contributed by atoms with Gasteiger partial charge in [-0.1, -0.05) is 36.4 Å². The molecular weight excluding hydrogens is 244 g/mol. The molecule has 0 amide bonds. The average Bonchev–Trinajstić information content (AvgIpc) is 2.44. The number of hydrogen-bond donors (Lipinski definition) is 1. The van der Waals surface area contributed by atoms with Gasteiger partial charge in [-0.3, -0.25) is 5.26 Å². The molecule has 4 heteroatoms. The SMILES string of the molecule is CCOC(=O)/C=C/CCC(C)(OO)c1ccccc1. The Morgan fingerprint density at radius 1 is 1.37 bits per heavy atom. The lowest BCUT2D eigenvalue weighted by Gasteiger charge is -2.25. The third kappa shape index (κ3) is 4.85. The highest BCUT2D eigenvalue weighted by Gasteiger charge is 2.26. The van der Waals surface area contributed by atoms with Crippen LogP contribution in [0.3, 0.4) is 0 Å². The summed E-state index contributed by atoms with van der Waals surface area (Å²) in [7, 11) is 0. The van der Waals surface area contributed by atoms with Crippen molar-refractivity contribution in [2.75, 3.05) is 6.61 Å². The van der Waals surface area contributed by atoms with E-state index in [0.29, 0.717) is 19.4 Å². The molecule has 1 aromatic carbocycles. The molecule has 0 aliphatic heterocycles. The van der Waals surface area contributed by atoms with E-state index in [1.807, 2.05) is 30.3 Å². The third-order valence-electron chi connectivity index (χ3n) is 2.91. The highest BCUT2D eigenvalue weighted by Crippen LogP contribution is 2.29. The van der Waals surface area contributed by atoms with Crippen LogP contribution in [0.2, 0.25) is 0 Å². The third-order valence-corrected chi connectivity index (χ3v) is 2.91. The summed E-state index contributed by atoms with van der Waals surface area (Å²) in [5, 5.41) is 9.12. The van der Waals surface area contributed by atoms with Crippen molar-refractivity contribution in [1.82, 2.24) is 0 Å². The second-order valence-corrected chi connectivity index (χ2v) is 4.38. The number of esters is 1. The summed E-state index contributed by atoms with van der Waals surface area (Å²) in [4.78, 5) is 15.7. The smallest absolute Gasteiger partial charge is 0.330 e. The molecule has 0 saturated heterocycles. The standard InChI is InChI=1S/C15H20O4/c1-3-18-14(16)11-7-8-12-15(2,19-17)13-9-5-4-6-10-13/h4-7,9-11,17H,3,8,12H2,1-2H3/b11-7+. The highest BCUT2D eigenvalue weighted by molar-refractivity contribution is 5.81. The summed E-state index contributed by atoms with van der Waals surface area (Å²) in [6, 6.07) is 9.47. The molecule has 19 heavy (non-hydrogen) atoms. The Bertz CT molecular complexity index is 413. The summed E-state index contributed by atoms with van der Waals surface area (Å²) in [6.07, 6.45) is 4.28. The molecule has 0 spiro atoms. The number of rotatable bonds is 7. The van der Waals surface area contributed by atoms with E-state index in [1.165, 1.54) is 6.08 Å². The predicted molar refractivity (Wildman–Crippen MR) is 72.5 cm³/mol. The van der Waals surface area contributed by atoms with Crippen molar-refractivity contribution in [1.29, 1.82) is 0 Å². The van der Waals surface area contributed by atoms with Crippen LogP contribution in [0.15, 0.2) is 42.5 Å². The number of carbonyl (C=O) groups is 1. The predicted octanol–water partition coefficient (Wildman–Crippen LogP) is 3.29. The van der Waals surface area contributed by atoms with Crippen molar-refractivity contribution in [3.05, 3.63) is 48.0 Å². The van der Waals surface area contributed by atoms with Gasteiger partial charge in [-0.05, 0) is 32.3 Å². The minimum atomic E-state index is -0.778. The van der Waals surface area contributed by atoms with Crippen LogP contribution in [0, 0.1) is 0 Å². The molecule has 1 N–H and O–H groups in total. The maximum absolute atomic E-state index is 11.1.